The van der Waals surface area contributed by atoms with Crippen LogP contribution in [0.15, 0.2) is 22.7 Å². The van der Waals surface area contributed by atoms with Crippen molar-refractivity contribution in [3.8, 4) is 5.75 Å². The molecule has 0 radical (unpaired) electrons. The number of rotatable bonds is 4. The Labute approximate surface area is 99.7 Å². The summed E-state index contributed by atoms with van der Waals surface area (Å²) in [6.45, 7) is -0.117. The third-order valence-corrected chi connectivity index (χ3v) is 3.25. The SMILES string of the molecule is O=S(=O)(Cl)CCOc1cc(F)ccc1Br. The monoisotopic (exact) mass is 316 g/mol. The maximum atomic E-state index is 12.8. The number of halogens is 3. The smallest absolute Gasteiger partial charge is 0.235 e. The third kappa shape index (κ3) is 4.81. The number of benzene rings is 1. The van der Waals surface area contributed by atoms with Crippen LogP contribution in [0.2, 0.25) is 0 Å². The fraction of sp³-hybridized carbons (Fsp3) is 0.250. The Morgan fingerprint density at radius 1 is 1.47 bits per heavy atom. The van der Waals surface area contributed by atoms with Crippen molar-refractivity contribution in [2.45, 2.75) is 0 Å². The average molecular weight is 318 g/mol. The van der Waals surface area contributed by atoms with Gasteiger partial charge in [-0.1, -0.05) is 0 Å². The zero-order valence-electron chi connectivity index (χ0n) is 7.41. The van der Waals surface area contributed by atoms with Crippen molar-refractivity contribution < 1.29 is 17.5 Å². The Morgan fingerprint density at radius 2 is 2.13 bits per heavy atom. The predicted octanol–water partition coefficient (Wildman–Crippen LogP) is 2.54. The minimum Gasteiger partial charge on any atom is -0.491 e. The Morgan fingerprint density at radius 3 is 2.73 bits per heavy atom. The standard InChI is InChI=1S/C8H7BrClFO3S/c9-7-2-1-6(11)5-8(7)14-3-4-15(10,12)13/h1-2,5H,3-4H2. The summed E-state index contributed by atoms with van der Waals surface area (Å²) in [5, 5.41) is 0. The van der Waals surface area contributed by atoms with Crippen LogP contribution < -0.4 is 4.74 Å². The molecule has 0 aromatic heterocycles. The lowest BCUT2D eigenvalue weighted by atomic mass is 10.3. The second-order valence-electron chi connectivity index (χ2n) is 2.67. The molecule has 1 rings (SSSR count). The van der Waals surface area contributed by atoms with Gasteiger partial charge in [0.05, 0.1) is 10.2 Å². The molecule has 1 aromatic carbocycles. The van der Waals surface area contributed by atoms with Gasteiger partial charge in [-0.25, -0.2) is 12.8 Å². The Balaban J connectivity index is 2.61. The van der Waals surface area contributed by atoms with E-state index in [0.29, 0.717) is 4.47 Å². The van der Waals surface area contributed by atoms with Gasteiger partial charge in [0.1, 0.15) is 18.2 Å². The first-order valence-electron chi connectivity index (χ1n) is 3.89. The molecule has 0 fully saturated rings. The van der Waals surface area contributed by atoms with Crippen LogP contribution in [-0.2, 0) is 9.05 Å². The lowest BCUT2D eigenvalue weighted by molar-refractivity contribution is 0.337. The Bertz CT molecular complexity index is 449. The molecular formula is C8H7BrClFO3S. The van der Waals surface area contributed by atoms with Gasteiger partial charge in [-0.3, -0.25) is 0 Å². The first-order valence-corrected chi connectivity index (χ1v) is 7.16. The quantitative estimate of drug-likeness (QED) is 0.802. The molecule has 0 aliphatic heterocycles. The molecule has 7 heteroatoms. The van der Waals surface area contributed by atoms with Gasteiger partial charge in [-0.2, -0.15) is 0 Å². The van der Waals surface area contributed by atoms with Crippen molar-refractivity contribution >= 4 is 35.7 Å². The fourth-order valence-electron chi connectivity index (χ4n) is 0.839. The minimum absolute atomic E-state index is 0.117. The Hall–Kier alpha value is -0.330. The van der Waals surface area contributed by atoms with Crippen LogP contribution in [-0.4, -0.2) is 20.8 Å². The van der Waals surface area contributed by atoms with E-state index in [0.717, 1.165) is 6.07 Å². The van der Waals surface area contributed by atoms with Crippen molar-refractivity contribution in [1.29, 1.82) is 0 Å². The highest BCUT2D eigenvalue weighted by Crippen LogP contribution is 2.25. The van der Waals surface area contributed by atoms with E-state index in [1.807, 2.05) is 0 Å². The molecule has 0 spiro atoms. The molecule has 0 aliphatic carbocycles. The lowest BCUT2D eigenvalue weighted by Gasteiger charge is -2.06. The number of ether oxygens (including phenoxy) is 1. The van der Waals surface area contributed by atoms with E-state index in [4.69, 9.17) is 15.4 Å². The average Bonchev–Trinajstić information content (AvgIpc) is 2.09. The zero-order chi connectivity index (χ0) is 11.5. The van der Waals surface area contributed by atoms with Gasteiger partial charge >= 0.3 is 0 Å². The maximum Gasteiger partial charge on any atom is 0.235 e. The van der Waals surface area contributed by atoms with Gasteiger partial charge < -0.3 is 4.74 Å². The molecule has 0 unspecified atom stereocenters. The summed E-state index contributed by atoms with van der Waals surface area (Å²) in [7, 11) is 1.40. The molecule has 3 nitrogen and oxygen atoms in total. The van der Waals surface area contributed by atoms with Crippen molar-refractivity contribution in [1.82, 2.24) is 0 Å². The van der Waals surface area contributed by atoms with Crippen LogP contribution in [0.5, 0.6) is 5.75 Å². The molecule has 84 valence electrons. The Kier molecular flexibility index (Phi) is 4.36. The van der Waals surface area contributed by atoms with Crippen LogP contribution in [0.4, 0.5) is 4.39 Å². The van der Waals surface area contributed by atoms with E-state index < -0.39 is 14.9 Å². The van der Waals surface area contributed by atoms with Gasteiger partial charge in [0.15, 0.2) is 0 Å². The van der Waals surface area contributed by atoms with Crippen LogP contribution in [0.1, 0.15) is 0 Å². The second kappa shape index (κ2) is 5.14. The van der Waals surface area contributed by atoms with E-state index in [1.165, 1.54) is 12.1 Å². The van der Waals surface area contributed by atoms with Gasteiger partial charge in [0.25, 0.3) is 0 Å². The van der Waals surface area contributed by atoms with Gasteiger partial charge in [-0.15, -0.1) is 0 Å². The van der Waals surface area contributed by atoms with Crippen LogP contribution in [0.3, 0.4) is 0 Å². The van der Waals surface area contributed by atoms with Crippen molar-refractivity contribution in [2.24, 2.45) is 0 Å². The largest absolute Gasteiger partial charge is 0.491 e. The highest BCUT2D eigenvalue weighted by atomic mass is 79.9. The molecule has 1 aromatic rings. The molecule has 0 atom stereocenters. The van der Waals surface area contributed by atoms with E-state index in [2.05, 4.69) is 15.9 Å². The predicted molar refractivity (Wildman–Crippen MR) is 59.2 cm³/mol. The first kappa shape index (κ1) is 12.7. The van der Waals surface area contributed by atoms with Gasteiger partial charge in [0, 0.05) is 16.7 Å². The van der Waals surface area contributed by atoms with Crippen molar-refractivity contribution in [3.05, 3.63) is 28.5 Å². The summed E-state index contributed by atoms with van der Waals surface area (Å²) in [5.74, 6) is -0.533. The van der Waals surface area contributed by atoms with E-state index in [-0.39, 0.29) is 18.1 Å². The first-order chi connectivity index (χ1) is 6.88. The summed E-state index contributed by atoms with van der Waals surface area (Å²) in [6.07, 6.45) is 0. The zero-order valence-corrected chi connectivity index (χ0v) is 10.6. The van der Waals surface area contributed by atoms with Crippen molar-refractivity contribution in [2.75, 3.05) is 12.4 Å². The summed E-state index contributed by atoms with van der Waals surface area (Å²) >= 11 is 3.14. The summed E-state index contributed by atoms with van der Waals surface area (Å²) < 4.78 is 39.5. The maximum absolute atomic E-state index is 12.8. The van der Waals surface area contributed by atoms with Crippen LogP contribution >= 0.6 is 26.6 Å². The highest BCUT2D eigenvalue weighted by Gasteiger charge is 2.07. The molecule has 15 heavy (non-hydrogen) atoms. The normalized spacial score (nSPS) is 11.4. The topological polar surface area (TPSA) is 43.4 Å². The minimum atomic E-state index is -3.58. The number of hydrogen-bond donors (Lipinski definition) is 0. The summed E-state index contributed by atoms with van der Waals surface area (Å²) in [5.41, 5.74) is 0. The second-order valence-corrected chi connectivity index (χ2v) is 6.42. The highest BCUT2D eigenvalue weighted by molar-refractivity contribution is 9.10. The van der Waals surface area contributed by atoms with Gasteiger partial charge in [-0.05, 0) is 28.1 Å². The fourth-order valence-corrected chi connectivity index (χ4v) is 1.67. The van der Waals surface area contributed by atoms with Crippen LogP contribution in [0, 0.1) is 5.82 Å². The van der Waals surface area contributed by atoms with E-state index in [1.54, 1.807) is 0 Å². The molecular weight excluding hydrogens is 311 g/mol. The van der Waals surface area contributed by atoms with E-state index in [9.17, 15) is 12.8 Å². The molecule has 0 N–H and O–H groups in total. The summed E-state index contributed by atoms with van der Waals surface area (Å²) in [6, 6.07) is 3.89. The van der Waals surface area contributed by atoms with Gasteiger partial charge in [0.2, 0.25) is 9.05 Å². The summed E-state index contributed by atoms with van der Waals surface area (Å²) in [4.78, 5) is 0. The van der Waals surface area contributed by atoms with Crippen molar-refractivity contribution in [3.63, 3.8) is 0 Å². The molecule has 0 saturated heterocycles. The molecule has 0 amide bonds. The third-order valence-electron chi connectivity index (χ3n) is 1.48. The molecule has 0 bridgehead atoms. The van der Waals surface area contributed by atoms with Crippen LogP contribution in [0.25, 0.3) is 0 Å². The number of hydrogen-bond acceptors (Lipinski definition) is 3. The molecule has 0 saturated carbocycles. The lowest BCUT2D eigenvalue weighted by Crippen LogP contribution is -2.09. The van der Waals surface area contributed by atoms with E-state index >= 15 is 0 Å². The molecule has 0 aliphatic rings. The molecule has 0 heterocycles.